The van der Waals surface area contributed by atoms with Crippen molar-refractivity contribution >= 4 is 17.0 Å². The van der Waals surface area contributed by atoms with Crippen molar-refractivity contribution in [2.45, 2.75) is 13.5 Å². The molecule has 1 aliphatic rings. The number of fused-ring (bicyclic) bond motifs is 3. The lowest BCUT2D eigenvalue weighted by atomic mass is 10.1. The summed E-state index contributed by atoms with van der Waals surface area (Å²) in [6, 6.07) is 8.49. The highest BCUT2D eigenvalue weighted by molar-refractivity contribution is 5.91. The van der Waals surface area contributed by atoms with Gasteiger partial charge in [0.2, 0.25) is 0 Å². The zero-order valence-corrected chi connectivity index (χ0v) is 9.04. The standard InChI is InChI=1S/C13H14N2/c1-9-7-11-10-5-3-4-6-12(10)14-13(11)8-15(9)2/h3-7,14H,8H2,1-2H3. The van der Waals surface area contributed by atoms with Crippen molar-refractivity contribution in [3.63, 3.8) is 0 Å². The highest BCUT2D eigenvalue weighted by Crippen LogP contribution is 2.29. The van der Waals surface area contributed by atoms with Crippen LogP contribution in [-0.2, 0) is 6.54 Å². The van der Waals surface area contributed by atoms with Crippen molar-refractivity contribution in [2.75, 3.05) is 7.05 Å². The van der Waals surface area contributed by atoms with Gasteiger partial charge in [-0.25, -0.2) is 0 Å². The minimum absolute atomic E-state index is 0.979. The maximum absolute atomic E-state index is 3.48. The largest absolute Gasteiger partial charge is 0.372 e. The number of nitrogens with one attached hydrogen (secondary N) is 1. The molecule has 1 aromatic heterocycles. The van der Waals surface area contributed by atoms with Gasteiger partial charge in [-0.15, -0.1) is 0 Å². The van der Waals surface area contributed by atoms with Gasteiger partial charge in [-0.1, -0.05) is 18.2 Å². The molecule has 0 amide bonds. The fraction of sp³-hybridized carbons (Fsp3) is 0.231. The number of benzene rings is 1. The summed E-state index contributed by atoms with van der Waals surface area (Å²) in [7, 11) is 2.13. The molecule has 0 aliphatic carbocycles. The van der Waals surface area contributed by atoms with Crippen molar-refractivity contribution in [3.8, 4) is 0 Å². The van der Waals surface area contributed by atoms with E-state index >= 15 is 0 Å². The van der Waals surface area contributed by atoms with Crippen LogP contribution < -0.4 is 0 Å². The molecule has 0 spiro atoms. The molecule has 0 saturated heterocycles. The third-order valence-corrected chi connectivity index (χ3v) is 3.18. The van der Waals surface area contributed by atoms with Gasteiger partial charge >= 0.3 is 0 Å². The van der Waals surface area contributed by atoms with E-state index in [4.69, 9.17) is 0 Å². The number of aromatic nitrogens is 1. The van der Waals surface area contributed by atoms with Gasteiger partial charge in [-0.05, 0) is 19.1 Å². The number of H-pyrrole nitrogens is 1. The van der Waals surface area contributed by atoms with Gasteiger partial charge in [0.05, 0.1) is 6.54 Å². The molecular weight excluding hydrogens is 184 g/mol. The minimum Gasteiger partial charge on any atom is -0.372 e. The van der Waals surface area contributed by atoms with Crippen LogP contribution in [0, 0.1) is 0 Å². The summed E-state index contributed by atoms with van der Waals surface area (Å²) >= 11 is 0. The molecule has 3 rings (SSSR count). The van der Waals surface area contributed by atoms with Crippen LogP contribution in [0.4, 0.5) is 0 Å². The van der Waals surface area contributed by atoms with Crippen molar-refractivity contribution < 1.29 is 0 Å². The highest BCUT2D eigenvalue weighted by Gasteiger charge is 2.16. The lowest BCUT2D eigenvalue weighted by molar-refractivity contribution is 0.405. The zero-order valence-electron chi connectivity index (χ0n) is 9.04. The first-order valence-corrected chi connectivity index (χ1v) is 5.25. The number of hydrogen-bond acceptors (Lipinski definition) is 1. The third-order valence-electron chi connectivity index (χ3n) is 3.18. The predicted molar refractivity (Wildman–Crippen MR) is 63.4 cm³/mol. The first kappa shape index (κ1) is 8.60. The number of aromatic amines is 1. The SMILES string of the molecule is CC1=Cc2c([nH]c3ccccc23)CN1C. The van der Waals surface area contributed by atoms with Crippen LogP contribution in [0.1, 0.15) is 18.2 Å². The second kappa shape index (κ2) is 2.89. The lowest BCUT2D eigenvalue weighted by Crippen LogP contribution is -2.19. The van der Waals surface area contributed by atoms with E-state index in [1.165, 1.54) is 27.9 Å². The van der Waals surface area contributed by atoms with Gasteiger partial charge in [-0.2, -0.15) is 0 Å². The van der Waals surface area contributed by atoms with Crippen LogP contribution >= 0.6 is 0 Å². The van der Waals surface area contributed by atoms with Gasteiger partial charge in [0.25, 0.3) is 0 Å². The number of para-hydroxylation sites is 1. The molecular formula is C13H14N2. The van der Waals surface area contributed by atoms with E-state index in [1.54, 1.807) is 0 Å². The second-order valence-corrected chi connectivity index (χ2v) is 4.20. The van der Waals surface area contributed by atoms with Crippen molar-refractivity contribution in [1.29, 1.82) is 0 Å². The molecule has 1 aliphatic heterocycles. The topological polar surface area (TPSA) is 19.0 Å². The summed E-state index contributed by atoms with van der Waals surface area (Å²) in [6.45, 7) is 3.14. The summed E-state index contributed by atoms with van der Waals surface area (Å²) in [4.78, 5) is 5.74. The summed E-state index contributed by atoms with van der Waals surface area (Å²) < 4.78 is 0. The summed E-state index contributed by atoms with van der Waals surface area (Å²) in [6.07, 6.45) is 2.26. The summed E-state index contributed by atoms with van der Waals surface area (Å²) in [5, 5.41) is 1.33. The maximum Gasteiger partial charge on any atom is 0.0580 e. The van der Waals surface area contributed by atoms with Crippen LogP contribution in [0.25, 0.3) is 17.0 Å². The van der Waals surface area contributed by atoms with Crippen molar-refractivity contribution in [3.05, 3.63) is 41.2 Å². The average Bonchev–Trinajstić information content (AvgIpc) is 2.57. The Morgan fingerprint density at radius 1 is 1.27 bits per heavy atom. The van der Waals surface area contributed by atoms with Gasteiger partial charge in [0, 0.05) is 34.9 Å². The van der Waals surface area contributed by atoms with Crippen LogP contribution in [0.15, 0.2) is 30.0 Å². The first-order valence-electron chi connectivity index (χ1n) is 5.25. The third kappa shape index (κ3) is 1.18. The molecule has 2 nitrogen and oxygen atoms in total. The molecule has 0 saturated carbocycles. The second-order valence-electron chi connectivity index (χ2n) is 4.20. The fourth-order valence-corrected chi connectivity index (χ4v) is 2.19. The molecule has 0 bridgehead atoms. The molecule has 0 unspecified atom stereocenters. The van der Waals surface area contributed by atoms with Crippen molar-refractivity contribution in [1.82, 2.24) is 9.88 Å². The Hall–Kier alpha value is -1.70. The van der Waals surface area contributed by atoms with Crippen molar-refractivity contribution in [2.24, 2.45) is 0 Å². The van der Waals surface area contributed by atoms with Gasteiger partial charge < -0.3 is 9.88 Å². The molecule has 1 aromatic carbocycles. The normalized spacial score (nSPS) is 15.3. The zero-order chi connectivity index (χ0) is 10.4. The average molecular weight is 198 g/mol. The first-order chi connectivity index (χ1) is 7.25. The molecule has 76 valence electrons. The molecule has 15 heavy (non-hydrogen) atoms. The monoisotopic (exact) mass is 198 g/mol. The van der Waals surface area contributed by atoms with E-state index in [-0.39, 0.29) is 0 Å². The fourth-order valence-electron chi connectivity index (χ4n) is 2.19. The summed E-state index contributed by atoms with van der Waals surface area (Å²) in [5.74, 6) is 0. The molecule has 2 heterocycles. The van der Waals surface area contributed by atoms with E-state index < -0.39 is 0 Å². The Kier molecular flexibility index (Phi) is 1.66. The molecule has 0 fully saturated rings. The minimum atomic E-state index is 0.979. The van der Waals surface area contributed by atoms with E-state index in [0.29, 0.717) is 0 Å². The number of hydrogen-bond donors (Lipinski definition) is 1. The van der Waals surface area contributed by atoms with Gasteiger partial charge in [0.15, 0.2) is 0 Å². The Bertz CT molecular complexity index is 549. The van der Waals surface area contributed by atoms with Crippen LogP contribution in [0.2, 0.25) is 0 Å². The smallest absolute Gasteiger partial charge is 0.0580 e. The molecule has 0 atom stereocenters. The lowest BCUT2D eigenvalue weighted by Gasteiger charge is -2.23. The Labute approximate surface area is 89.2 Å². The van der Waals surface area contributed by atoms with E-state index in [2.05, 4.69) is 54.2 Å². The molecule has 2 aromatic rings. The van der Waals surface area contributed by atoms with E-state index in [1.807, 2.05) is 0 Å². The molecule has 1 N–H and O–H groups in total. The van der Waals surface area contributed by atoms with E-state index in [0.717, 1.165) is 6.54 Å². The van der Waals surface area contributed by atoms with Gasteiger partial charge in [0.1, 0.15) is 0 Å². The Balaban J connectivity index is 2.32. The quantitative estimate of drug-likeness (QED) is 0.689. The predicted octanol–water partition coefficient (Wildman–Crippen LogP) is 2.97. The van der Waals surface area contributed by atoms with Crippen LogP contribution in [0.3, 0.4) is 0 Å². The summed E-state index contributed by atoms with van der Waals surface area (Å²) in [5.41, 5.74) is 5.25. The number of nitrogens with zero attached hydrogens (tertiary/aromatic N) is 1. The molecule has 2 heteroatoms. The van der Waals surface area contributed by atoms with Crippen LogP contribution in [0.5, 0.6) is 0 Å². The van der Waals surface area contributed by atoms with E-state index in [9.17, 15) is 0 Å². The number of rotatable bonds is 0. The Morgan fingerprint density at radius 2 is 2.07 bits per heavy atom. The van der Waals surface area contributed by atoms with Crippen LogP contribution in [-0.4, -0.2) is 16.9 Å². The Morgan fingerprint density at radius 3 is 2.93 bits per heavy atom. The highest BCUT2D eigenvalue weighted by atomic mass is 15.1. The molecule has 0 radical (unpaired) electrons. The maximum atomic E-state index is 3.48. The van der Waals surface area contributed by atoms with Gasteiger partial charge in [-0.3, -0.25) is 0 Å². The number of allylic oxidation sites excluding steroid dienone is 1.